The number of nitrogens with zero attached hydrogens (tertiary/aromatic N) is 3. The second-order valence-corrected chi connectivity index (χ2v) is 5.96. The van der Waals surface area contributed by atoms with E-state index in [1.54, 1.807) is 0 Å². The average Bonchev–Trinajstić information content (AvgIpc) is 2.88. The standard InChI is InChI=1S/C12H20N4S/c1-9(16-6-2-3-7-16)8-13-12-14-11(15-17-12)10-4-5-10/h9-10H,2-8H2,1H3,(H,13,14,15). The van der Waals surface area contributed by atoms with Crippen LogP contribution in [0.4, 0.5) is 5.13 Å². The zero-order valence-electron chi connectivity index (χ0n) is 10.4. The molecule has 1 saturated carbocycles. The minimum Gasteiger partial charge on any atom is -0.359 e. The van der Waals surface area contributed by atoms with E-state index in [9.17, 15) is 0 Å². The smallest absolute Gasteiger partial charge is 0.202 e. The van der Waals surface area contributed by atoms with Gasteiger partial charge in [-0.25, -0.2) is 4.98 Å². The van der Waals surface area contributed by atoms with Crippen molar-refractivity contribution in [1.29, 1.82) is 0 Å². The molecule has 2 heterocycles. The molecule has 2 fully saturated rings. The quantitative estimate of drug-likeness (QED) is 0.873. The van der Waals surface area contributed by atoms with Crippen molar-refractivity contribution < 1.29 is 0 Å². The van der Waals surface area contributed by atoms with Gasteiger partial charge < -0.3 is 5.32 Å². The van der Waals surface area contributed by atoms with Gasteiger partial charge in [-0.15, -0.1) is 0 Å². The molecule has 1 aliphatic heterocycles. The maximum absolute atomic E-state index is 4.55. The van der Waals surface area contributed by atoms with Crippen molar-refractivity contribution in [3.05, 3.63) is 5.82 Å². The number of hydrogen-bond donors (Lipinski definition) is 1. The molecular formula is C12H20N4S. The molecular weight excluding hydrogens is 232 g/mol. The Morgan fingerprint density at radius 1 is 1.41 bits per heavy atom. The lowest BCUT2D eigenvalue weighted by Gasteiger charge is -2.23. The number of anilines is 1. The van der Waals surface area contributed by atoms with Gasteiger partial charge in [0.05, 0.1) is 0 Å². The average molecular weight is 252 g/mol. The second kappa shape index (κ2) is 4.90. The summed E-state index contributed by atoms with van der Waals surface area (Å²) in [5.74, 6) is 1.73. The van der Waals surface area contributed by atoms with Gasteiger partial charge in [-0.3, -0.25) is 4.90 Å². The fourth-order valence-electron chi connectivity index (χ4n) is 2.36. The van der Waals surface area contributed by atoms with Gasteiger partial charge in [-0.2, -0.15) is 4.37 Å². The van der Waals surface area contributed by atoms with Gasteiger partial charge in [0.1, 0.15) is 5.82 Å². The number of rotatable bonds is 5. The number of nitrogens with one attached hydrogen (secondary N) is 1. The van der Waals surface area contributed by atoms with Crippen molar-refractivity contribution >= 4 is 16.7 Å². The molecule has 1 atom stereocenters. The van der Waals surface area contributed by atoms with Crippen molar-refractivity contribution in [1.82, 2.24) is 14.3 Å². The first-order valence-electron chi connectivity index (χ1n) is 6.64. The number of hydrogen-bond acceptors (Lipinski definition) is 5. The molecule has 1 N–H and O–H groups in total. The highest BCUT2D eigenvalue weighted by molar-refractivity contribution is 7.09. The summed E-state index contributed by atoms with van der Waals surface area (Å²) in [4.78, 5) is 7.10. The molecule has 0 spiro atoms. The summed E-state index contributed by atoms with van der Waals surface area (Å²) in [6, 6.07) is 0.603. The molecule has 1 aromatic heterocycles. The lowest BCUT2D eigenvalue weighted by molar-refractivity contribution is 0.269. The Labute approximate surface area is 107 Å². The second-order valence-electron chi connectivity index (χ2n) is 5.21. The minimum atomic E-state index is 0.603. The molecule has 4 nitrogen and oxygen atoms in total. The van der Waals surface area contributed by atoms with E-state index in [1.165, 1.54) is 50.3 Å². The first kappa shape index (κ1) is 11.4. The lowest BCUT2D eigenvalue weighted by Crippen LogP contribution is -2.35. The van der Waals surface area contributed by atoms with E-state index in [0.29, 0.717) is 12.0 Å². The van der Waals surface area contributed by atoms with E-state index in [4.69, 9.17) is 0 Å². The summed E-state index contributed by atoms with van der Waals surface area (Å²) in [5.41, 5.74) is 0. The van der Waals surface area contributed by atoms with Crippen LogP contribution in [0, 0.1) is 0 Å². The first-order chi connectivity index (χ1) is 8.33. The predicted molar refractivity (Wildman–Crippen MR) is 70.6 cm³/mol. The van der Waals surface area contributed by atoms with Crippen LogP contribution in [-0.2, 0) is 0 Å². The summed E-state index contributed by atoms with van der Waals surface area (Å²) in [6.07, 6.45) is 5.27. The molecule has 0 radical (unpaired) electrons. The highest BCUT2D eigenvalue weighted by Crippen LogP contribution is 2.39. The topological polar surface area (TPSA) is 41.1 Å². The van der Waals surface area contributed by atoms with Crippen LogP contribution in [0.15, 0.2) is 0 Å². The molecule has 0 aromatic carbocycles. The maximum atomic E-state index is 4.55. The normalized spacial score (nSPS) is 22.9. The predicted octanol–water partition coefficient (Wildman–Crippen LogP) is 2.31. The van der Waals surface area contributed by atoms with Crippen LogP contribution >= 0.6 is 11.5 Å². The SMILES string of the molecule is CC(CNc1nc(C2CC2)ns1)N1CCCC1. The van der Waals surface area contributed by atoms with E-state index in [-0.39, 0.29) is 0 Å². The summed E-state index contributed by atoms with van der Waals surface area (Å²) >= 11 is 1.51. The Morgan fingerprint density at radius 2 is 2.18 bits per heavy atom. The Hall–Kier alpha value is -0.680. The van der Waals surface area contributed by atoms with Crippen molar-refractivity contribution in [2.75, 3.05) is 25.0 Å². The third-order valence-electron chi connectivity index (χ3n) is 3.70. The largest absolute Gasteiger partial charge is 0.359 e. The molecule has 3 rings (SSSR count). The van der Waals surface area contributed by atoms with E-state index in [0.717, 1.165) is 17.5 Å². The lowest BCUT2D eigenvalue weighted by atomic mass is 10.3. The maximum Gasteiger partial charge on any atom is 0.202 e. The molecule has 0 amide bonds. The molecule has 1 aromatic rings. The van der Waals surface area contributed by atoms with Crippen molar-refractivity contribution in [3.63, 3.8) is 0 Å². The Balaban J connectivity index is 1.48. The van der Waals surface area contributed by atoms with Gasteiger partial charge in [0.25, 0.3) is 0 Å². The molecule has 2 aliphatic rings. The van der Waals surface area contributed by atoms with Crippen molar-refractivity contribution in [3.8, 4) is 0 Å². The summed E-state index contributed by atoms with van der Waals surface area (Å²) in [6.45, 7) is 5.79. The van der Waals surface area contributed by atoms with Crippen LogP contribution in [0.1, 0.15) is 44.3 Å². The summed E-state index contributed by atoms with van der Waals surface area (Å²) in [5, 5.41) is 4.43. The van der Waals surface area contributed by atoms with E-state index in [1.807, 2.05) is 0 Å². The highest BCUT2D eigenvalue weighted by atomic mass is 32.1. The van der Waals surface area contributed by atoms with Gasteiger partial charge in [0.2, 0.25) is 5.13 Å². The van der Waals surface area contributed by atoms with Gasteiger partial charge in [0, 0.05) is 30.0 Å². The van der Waals surface area contributed by atoms with Crippen LogP contribution in [0.2, 0.25) is 0 Å². The zero-order chi connectivity index (χ0) is 11.7. The molecule has 5 heteroatoms. The number of aromatic nitrogens is 2. The highest BCUT2D eigenvalue weighted by Gasteiger charge is 2.27. The fraction of sp³-hybridized carbons (Fsp3) is 0.833. The third-order valence-corrected chi connectivity index (χ3v) is 4.38. The Morgan fingerprint density at radius 3 is 2.88 bits per heavy atom. The van der Waals surface area contributed by atoms with Gasteiger partial charge >= 0.3 is 0 Å². The van der Waals surface area contributed by atoms with Crippen LogP contribution in [0.3, 0.4) is 0 Å². The third kappa shape index (κ3) is 2.77. The Kier molecular flexibility index (Phi) is 3.29. The first-order valence-corrected chi connectivity index (χ1v) is 7.42. The summed E-state index contributed by atoms with van der Waals surface area (Å²) < 4.78 is 4.41. The molecule has 94 valence electrons. The van der Waals surface area contributed by atoms with Gasteiger partial charge in [-0.1, -0.05) is 0 Å². The monoisotopic (exact) mass is 252 g/mol. The van der Waals surface area contributed by atoms with Crippen molar-refractivity contribution in [2.45, 2.75) is 44.6 Å². The van der Waals surface area contributed by atoms with Crippen LogP contribution < -0.4 is 5.32 Å². The van der Waals surface area contributed by atoms with E-state index in [2.05, 4.69) is 26.5 Å². The van der Waals surface area contributed by atoms with Crippen LogP contribution in [0.25, 0.3) is 0 Å². The molecule has 1 saturated heterocycles. The molecule has 1 unspecified atom stereocenters. The van der Waals surface area contributed by atoms with Crippen molar-refractivity contribution in [2.24, 2.45) is 0 Å². The van der Waals surface area contributed by atoms with Gasteiger partial charge in [0.15, 0.2) is 0 Å². The minimum absolute atomic E-state index is 0.603. The zero-order valence-corrected chi connectivity index (χ0v) is 11.2. The van der Waals surface area contributed by atoms with E-state index < -0.39 is 0 Å². The summed E-state index contributed by atoms with van der Waals surface area (Å²) in [7, 11) is 0. The van der Waals surface area contributed by atoms with Crippen LogP contribution in [-0.4, -0.2) is 39.9 Å². The molecule has 1 aliphatic carbocycles. The molecule has 17 heavy (non-hydrogen) atoms. The molecule has 0 bridgehead atoms. The Bertz CT molecular complexity index is 368. The fourth-order valence-corrected chi connectivity index (χ4v) is 3.01. The van der Waals surface area contributed by atoms with E-state index >= 15 is 0 Å². The van der Waals surface area contributed by atoms with Crippen LogP contribution in [0.5, 0.6) is 0 Å². The van der Waals surface area contributed by atoms with Gasteiger partial charge in [-0.05, 0) is 45.7 Å². The number of likely N-dealkylation sites (tertiary alicyclic amines) is 1.